The summed E-state index contributed by atoms with van der Waals surface area (Å²) < 4.78 is 16.6. The van der Waals surface area contributed by atoms with Crippen LogP contribution in [-0.2, 0) is 20.7 Å². The lowest BCUT2D eigenvalue weighted by Crippen LogP contribution is -2.29. The van der Waals surface area contributed by atoms with Crippen LogP contribution < -0.4 is 14.8 Å². The minimum Gasteiger partial charge on any atom is -0.497 e. The molecule has 0 amide bonds. The number of carboxylic acid groups (broad SMARTS) is 2. The summed E-state index contributed by atoms with van der Waals surface area (Å²) in [5.74, 6) is -1.96. The van der Waals surface area contributed by atoms with Crippen molar-refractivity contribution in [3.63, 3.8) is 0 Å². The zero-order chi connectivity index (χ0) is 21.4. The second-order valence-electron chi connectivity index (χ2n) is 5.80. The van der Waals surface area contributed by atoms with Crippen LogP contribution in [0.15, 0.2) is 30.9 Å². The van der Waals surface area contributed by atoms with Gasteiger partial charge in [-0.1, -0.05) is 13.0 Å². The molecule has 0 bridgehead atoms. The molecule has 0 aliphatic heterocycles. The number of aliphatic carboxylic acids is 2. The number of carboxylic acids is 2. The standard InChI is InChI=1S/C18H29NO3.C2H2O4/c1-5-7-16-14-17(20-4)8-9-18(16)22-13-12-21-11-10-19-15(3)6-2;3-1(4)2(5)6/h5,8-9,14-15,19H,1,6-7,10-13H2,2-4H3;(H,3,4)(H,5,6). The van der Waals surface area contributed by atoms with E-state index in [0.29, 0.717) is 25.9 Å². The first-order valence-corrected chi connectivity index (χ1v) is 9.03. The number of hydrogen-bond donors (Lipinski definition) is 3. The predicted octanol–water partition coefficient (Wildman–Crippen LogP) is 2.36. The van der Waals surface area contributed by atoms with Crippen LogP contribution in [0.5, 0.6) is 11.5 Å². The highest BCUT2D eigenvalue weighted by atomic mass is 16.5. The summed E-state index contributed by atoms with van der Waals surface area (Å²) in [6, 6.07) is 6.36. The van der Waals surface area contributed by atoms with Crippen LogP contribution in [0.4, 0.5) is 0 Å². The molecule has 8 heteroatoms. The van der Waals surface area contributed by atoms with Gasteiger partial charge in [0.1, 0.15) is 18.1 Å². The van der Waals surface area contributed by atoms with E-state index in [1.165, 1.54) is 0 Å². The largest absolute Gasteiger partial charge is 0.497 e. The summed E-state index contributed by atoms with van der Waals surface area (Å²) in [5, 5.41) is 18.2. The first kappa shape index (κ1) is 25.4. The Hall–Kier alpha value is -2.58. The second kappa shape index (κ2) is 15.5. The molecule has 0 heterocycles. The van der Waals surface area contributed by atoms with Crippen LogP contribution in [0.25, 0.3) is 0 Å². The quantitative estimate of drug-likeness (QED) is 0.280. The minimum atomic E-state index is -1.82. The number of nitrogens with one attached hydrogen (secondary N) is 1. The molecule has 28 heavy (non-hydrogen) atoms. The van der Waals surface area contributed by atoms with E-state index in [4.69, 9.17) is 34.0 Å². The lowest BCUT2D eigenvalue weighted by atomic mass is 10.1. The van der Waals surface area contributed by atoms with E-state index in [1.807, 2.05) is 24.3 Å². The highest BCUT2D eigenvalue weighted by Crippen LogP contribution is 2.24. The third-order valence-electron chi connectivity index (χ3n) is 3.65. The van der Waals surface area contributed by atoms with E-state index in [2.05, 4.69) is 25.7 Å². The molecule has 8 nitrogen and oxygen atoms in total. The maximum atomic E-state index is 9.10. The molecule has 0 saturated carbocycles. The zero-order valence-corrected chi connectivity index (χ0v) is 16.8. The van der Waals surface area contributed by atoms with Crippen LogP contribution in [-0.4, -0.2) is 61.7 Å². The molecule has 1 atom stereocenters. The molecule has 0 aliphatic rings. The molecule has 0 radical (unpaired) electrons. The molecule has 1 aromatic rings. The van der Waals surface area contributed by atoms with Crippen LogP contribution >= 0.6 is 0 Å². The van der Waals surface area contributed by atoms with Crippen molar-refractivity contribution >= 4 is 11.9 Å². The third-order valence-corrected chi connectivity index (χ3v) is 3.65. The van der Waals surface area contributed by atoms with E-state index < -0.39 is 11.9 Å². The molecule has 0 aromatic heterocycles. The Labute approximate surface area is 166 Å². The number of methoxy groups -OCH3 is 1. The van der Waals surface area contributed by atoms with Crippen LogP contribution in [0, 0.1) is 0 Å². The van der Waals surface area contributed by atoms with Crippen molar-refractivity contribution in [2.75, 3.05) is 33.5 Å². The Kier molecular flexibility index (Phi) is 14.0. The summed E-state index contributed by atoms with van der Waals surface area (Å²) in [4.78, 5) is 18.2. The summed E-state index contributed by atoms with van der Waals surface area (Å²) >= 11 is 0. The molecule has 1 unspecified atom stereocenters. The maximum Gasteiger partial charge on any atom is 0.414 e. The number of ether oxygens (including phenoxy) is 3. The number of rotatable bonds is 12. The van der Waals surface area contributed by atoms with Gasteiger partial charge >= 0.3 is 11.9 Å². The van der Waals surface area contributed by atoms with Crippen LogP contribution in [0.2, 0.25) is 0 Å². The predicted molar refractivity (Wildman–Crippen MR) is 106 cm³/mol. The fourth-order valence-corrected chi connectivity index (χ4v) is 1.97. The summed E-state index contributed by atoms with van der Waals surface area (Å²) in [7, 11) is 1.66. The normalized spacial score (nSPS) is 11.0. The first-order valence-electron chi connectivity index (χ1n) is 9.03. The highest BCUT2D eigenvalue weighted by molar-refractivity contribution is 6.27. The van der Waals surface area contributed by atoms with Crippen molar-refractivity contribution in [2.24, 2.45) is 0 Å². The van der Waals surface area contributed by atoms with Gasteiger partial charge in [-0.25, -0.2) is 9.59 Å². The summed E-state index contributed by atoms with van der Waals surface area (Å²) in [6.07, 6.45) is 3.75. The lowest BCUT2D eigenvalue weighted by Gasteiger charge is -2.13. The van der Waals surface area contributed by atoms with Gasteiger partial charge in [-0.05, 0) is 38.0 Å². The Morgan fingerprint density at radius 1 is 1.21 bits per heavy atom. The second-order valence-corrected chi connectivity index (χ2v) is 5.80. The number of carbonyl (C=O) groups is 2. The third kappa shape index (κ3) is 11.9. The monoisotopic (exact) mass is 397 g/mol. The number of allylic oxidation sites excluding steroid dienone is 1. The zero-order valence-electron chi connectivity index (χ0n) is 16.8. The van der Waals surface area contributed by atoms with Gasteiger partial charge in [0, 0.05) is 18.2 Å². The van der Waals surface area contributed by atoms with E-state index in [9.17, 15) is 0 Å². The van der Waals surface area contributed by atoms with Gasteiger partial charge in [-0.15, -0.1) is 6.58 Å². The number of hydrogen-bond acceptors (Lipinski definition) is 6. The summed E-state index contributed by atoms with van der Waals surface area (Å²) in [5.41, 5.74) is 1.08. The van der Waals surface area contributed by atoms with Crippen molar-refractivity contribution in [1.82, 2.24) is 5.32 Å². The van der Waals surface area contributed by atoms with Gasteiger partial charge in [-0.2, -0.15) is 0 Å². The average Bonchev–Trinajstić information content (AvgIpc) is 2.68. The van der Waals surface area contributed by atoms with Gasteiger partial charge in [-0.3, -0.25) is 0 Å². The smallest absolute Gasteiger partial charge is 0.414 e. The molecule has 0 spiro atoms. The SMILES string of the molecule is C=CCc1cc(OC)ccc1OCCOCCNC(C)CC.O=C(O)C(=O)O. The fourth-order valence-electron chi connectivity index (χ4n) is 1.97. The molecule has 1 aromatic carbocycles. The van der Waals surface area contributed by atoms with Gasteiger partial charge in [0.05, 0.1) is 20.3 Å². The average molecular weight is 397 g/mol. The van der Waals surface area contributed by atoms with Crippen molar-refractivity contribution in [1.29, 1.82) is 0 Å². The van der Waals surface area contributed by atoms with Crippen molar-refractivity contribution in [3.05, 3.63) is 36.4 Å². The number of benzene rings is 1. The van der Waals surface area contributed by atoms with Crippen LogP contribution in [0.3, 0.4) is 0 Å². The molecular formula is C20H31NO7. The molecule has 158 valence electrons. The topological polar surface area (TPSA) is 114 Å². The van der Waals surface area contributed by atoms with Gasteiger partial charge in [0.25, 0.3) is 0 Å². The Balaban J connectivity index is 0.00000105. The van der Waals surface area contributed by atoms with Crippen molar-refractivity contribution in [2.45, 2.75) is 32.7 Å². The van der Waals surface area contributed by atoms with Crippen molar-refractivity contribution < 1.29 is 34.0 Å². The Morgan fingerprint density at radius 3 is 2.43 bits per heavy atom. The highest BCUT2D eigenvalue weighted by Gasteiger charge is 2.05. The van der Waals surface area contributed by atoms with E-state index in [1.54, 1.807) is 7.11 Å². The van der Waals surface area contributed by atoms with Gasteiger partial charge in [0.15, 0.2) is 0 Å². The van der Waals surface area contributed by atoms with E-state index in [-0.39, 0.29) is 0 Å². The van der Waals surface area contributed by atoms with E-state index >= 15 is 0 Å². The Bertz CT molecular complexity index is 592. The summed E-state index contributed by atoms with van der Waals surface area (Å²) in [6.45, 7) is 10.8. The molecule has 0 fully saturated rings. The Morgan fingerprint density at radius 2 is 1.89 bits per heavy atom. The molecule has 0 aliphatic carbocycles. The van der Waals surface area contributed by atoms with Crippen molar-refractivity contribution in [3.8, 4) is 11.5 Å². The molecule has 1 rings (SSSR count). The maximum absolute atomic E-state index is 9.10. The molecule has 0 saturated heterocycles. The first-order chi connectivity index (χ1) is 13.3. The fraction of sp³-hybridized carbons (Fsp3) is 0.500. The van der Waals surface area contributed by atoms with Gasteiger partial charge in [0.2, 0.25) is 0 Å². The minimum absolute atomic E-state index is 0.541. The van der Waals surface area contributed by atoms with E-state index in [0.717, 1.165) is 36.4 Å². The lowest BCUT2D eigenvalue weighted by molar-refractivity contribution is -0.159. The van der Waals surface area contributed by atoms with Crippen LogP contribution in [0.1, 0.15) is 25.8 Å². The molecular weight excluding hydrogens is 366 g/mol. The molecule has 3 N–H and O–H groups in total. The van der Waals surface area contributed by atoms with Gasteiger partial charge < -0.3 is 29.7 Å².